The second kappa shape index (κ2) is 5.54. The maximum atomic E-state index is 12.5. The second-order valence-corrected chi connectivity index (χ2v) is 6.98. The van der Waals surface area contributed by atoms with E-state index < -0.39 is 16.2 Å². The molecule has 1 aliphatic rings. The van der Waals surface area contributed by atoms with Gasteiger partial charge in [-0.2, -0.15) is 17.0 Å². The van der Waals surface area contributed by atoms with Crippen LogP contribution >= 0.6 is 0 Å². The molecule has 0 bridgehead atoms. The Balaban J connectivity index is 2.86. The van der Waals surface area contributed by atoms with E-state index in [0.717, 1.165) is 12.8 Å². The third-order valence-electron chi connectivity index (χ3n) is 3.36. The maximum absolute atomic E-state index is 12.5. The van der Waals surface area contributed by atoms with Crippen LogP contribution in [0.15, 0.2) is 0 Å². The average Bonchev–Trinajstić information content (AvgIpc) is 2.58. The van der Waals surface area contributed by atoms with Crippen LogP contribution < -0.4 is 0 Å². The van der Waals surface area contributed by atoms with E-state index in [0.29, 0.717) is 13.1 Å². The van der Waals surface area contributed by atoms with Crippen molar-refractivity contribution in [2.75, 3.05) is 19.6 Å². The summed E-state index contributed by atoms with van der Waals surface area (Å²) in [5.41, 5.74) is -0.379. The molecular weight excluding hydrogens is 256 g/mol. The molecule has 18 heavy (non-hydrogen) atoms. The van der Waals surface area contributed by atoms with Crippen molar-refractivity contribution in [3.63, 3.8) is 0 Å². The van der Waals surface area contributed by atoms with Gasteiger partial charge in [-0.1, -0.05) is 6.92 Å². The van der Waals surface area contributed by atoms with Crippen molar-refractivity contribution in [3.8, 4) is 0 Å². The van der Waals surface area contributed by atoms with Gasteiger partial charge >= 0.3 is 5.97 Å². The van der Waals surface area contributed by atoms with Crippen molar-refractivity contribution in [1.82, 2.24) is 8.61 Å². The van der Waals surface area contributed by atoms with Crippen LogP contribution in [0.25, 0.3) is 0 Å². The van der Waals surface area contributed by atoms with Crippen molar-refractivity contribution in [1.29, 1.82) is 0 Å². The Morgan fingerprint density at radius 3 is 2.44 bits per heavy atom. The normalized spacial score (nSPS) is 20.4. The fourth-order valence-electron chi connectivity index (χ4n) is 2.31. The fraction of sp³-hybridized carbons (Fsp3) is 0.909. The largest absolute Gasteiger partial charge is 0.481 e. The molecule has 0 aromatic carbocycles. The molecule has 0 unspecified atom stereocenters. The van der Waals surface area contributed by atoms with E-state index in [9.17, 15) is 13.2 Å². The minimum absolute atomic E-state index is 0.0285. The molecule has 0 atom stereocenters. The number of rotatable bonds is 6. The van der Waals surface area contributed by atoms with E-state index in [1.807, 2.05) is 13.8 Å². The van der Waals surface area contributed by atoms with E-state index in [1.165, 1.54) is 8.61 Å². The minimum Gasteiger partial charge on any atom is -0.481 e. The number of hydrogen-bond acceptors (Lipinski definition) is 3. The molecule has 0 amide bonds. The van der Waals surface area contributed by atoms with Gasteiger partial charge in [0, 0.05) is 25.2 Å². The first-order chi connectivity index (χ1) is 8.21. The second-order valence-electron chi connectivity index (χ2n) is 5.13. The number of carboxylic acids is 1. The monoisotopic (exact) mass is 278 g/mol. The Hall–Kier alpha value is -0.660. The standard InChI is InChI=1S/C11H22N2O4S/c1-4-12(9-6-10(14)15)18(16,17)13-8-5-7-11(13,2)3/h4-9H2,1-3H3,(H,14,15). The summed E-state index contributed by atoms with van der Waals surface area (Å²) in [7, 11) is -3.55. The molecule has 1 aliphatic heterocycles. The van der Waals surface area contributed by atoms with Gasteiger partial charge in [0.15, 0.2) is 0 Å². The van der Waals surface area contributed by atoms with Gasteiger partial charge in [-0.25, -0.2) is 0 Å². The van der Waals surface area contributed by atoms with E-state index in [1.54, 1.807) is 6.92 Å². The highest BCUT2D eigenvalue weighted by Gasteiger charge is 2.42. The van der Waals surface area contributed by atoms with Crippen LogP contribution in [0.4, 0.5) is 0 Å². The van der Waals surface area contributed by atoms with E-state index in [-0.39, 0.29) is 18.5 Å². The summed E-state index contributed by atoms with van der Waals surface area (Å²) in [4.78, 5) is 10.6. The number of hydrogen-bond donors (Lipinski definition) is 1. The Bertz CT molecular complexity index is 405. The highest BCUT2D eigenvalue weighted by molar-refractivity contribution is 7.86. The molecule has 1 N–H and O–H groups in total. The summed E-state index contributed by atoms with van der Waals surface area (Å²) < 4.78 is 27.6. The Labute approximate surface area is 109 Å². The Morgan fingerprint density at radius 1 is 1.44 bits per heavy atom. The highest BCUT2D eigenvalue weighted by Crippen LogP contribution is 2.32. The van der Waals surface area contributed by atoms with Crippen LogP contribution in [0.1, 0.15) is 40.0 Å². The summed E-state index contributed by atoms with van der Waals surface area (Å²) in [5, 5.41) is 8.66. The lowest BCUT2D eigenvalue weighted by Gasteiger charge is -2.34. The van der Waals surface area contributed by atoms with E-state index >= 15 is 0 Å². The summed E-state index contributed by atoms with van der Waals surface area (Å²) in [6.07, 6.45) is 1.52. The molecule has 6 nitrogen and oxygen atoms in total. The molecule has 0 aliphatic carbocycles. The van der Waals surface area contributed by atoms with Gasteiger partial charge in [0.25, 0.3) is 10.2 Å². The van der Waals surface area contributed by atoms with Gasteiger partial charge in [-0.15, -0.1) is 0 Å². The fourth-order valence-corrected chi connectivity index (χ4v) is 4.31. The molecule has 0 radical (unpaired) electrons. The first kappa shape index (κ1) is 15.4. The topological polar surface area (TPSA) is 77.9 Å². The Morgan fingerprint density at radius 2 is 2.06 bits per heavy atom. The van der Waals surface area contributed by atoms with Gasteiger partial charge < -0.3 is 5.11 Å². The minimum atomic E-state index is -3.55. The van der Waals surface area contributed by atoms with Gasteiger partial charge in [0.2, 0.25) is 0 Å². The van der Waals surface area contributed by atoms with E-state index in [2.05, 4.69) is 0 Å². The SMILES string of the molecule is CCN(CCC(=O)O)S(=O)(=O)N1CCCC1(C)C. The molecule has 106 valence electrons. The number of aliphatic carboxylic acids is 1. The van der Waals surface area contributed by atoms with Crippen LogP contribution in [0.2, 0.25) is 0 Å². The molecule has 0 aromatic heterocycles. The lowest BCUT2D eigenvalue weighted by molar-refractivity contribution is -0.137. The summed E-state index contributed by atoms with van der Waals surface area (Å²) in [6.45, 7) is 6.37. The predicted molar refractivity (Wildman–Crippen MR) is 68.4 cm³/mol. The lowest BCUT2D eigenvalue weighted by Crippen LogP contribution is -2.50. The molecule has 0 spiro atoms. The first-order valence-corrected chi connectivity index (χ1v) is 7.61. The zero-order chi connectivity index (χ0) is 14.0. The zero-order valence-electron chi connectivity index (χ0n) is 11.2. The van der Waals surface area contributed by atoms with Gasteiger partial charge in [0.1, 0.15) is 0 Å². The molecule has 1 rings (SSSR count). The van der Waals surface area contributed by atoms with Crippen LogP contribution in [0.5, 0.6) is 0 Å². The summed E-state index contributed by atoms with van der Waals surface area (Å²) in [6, 6.07) is 0. The third-order valence-corrected chi connectivity index (χ3v) is 5.68. The van der Waals surface area contributed by atoms with Gasteiger partial charge in [-0.3, -0.25) is 4.79 Å². The Kier molecular flexibility index (Phi) is 4.74. The molecule has 7 heteroatoms. The zero-order valence-corrected chi connectivity index (χ0v) is 12.0. The van der Waals surface area contributed by atoms with Crippen molar-refractivity contribution >= 4 is 16.2 Å². The first-order valence-electron chi connectivity index (χ1n) is 6.21. The molecule has 1 fully saturated rings. The van der Waals surface area contributed by atoms with Crippen molar-refractivity contribution in [2.45, 2.75) is 45.6 Å². The number of nitrogens with zero attached hydrogens (tertiary/aromatic N) is 2. The van der Waals surface area contributed by atoms with Gasteiger partial charge in [0.05, 0.1) is 6.42 Å². The van der Waals surface area contributed by atoms with Crippen molar-refractivity contribution < 1.29 is 18.3 Å². The summed E-state index contributed by atoms with van der Waals surface area (Å²) in [5.74, 6) is -0.982. The quantitative estimate of drug-likeness (QED) is 0.783. The smallest absolute Gasteiger partial charge is 0.304 e. The maximum Gasteiger partial charge on any atom is 0.304 e. The van der Waals surface area contributed by atoms with E-state index in [4.69, 9.17) is 5.11 Å². The lowest BCUT2D eigenvalue weighted by atomic mass is 10.0. The number of carboxylic acid groups (broad SMARTS) is 1. The highest BCUT2D eigenvalue weighted by atomic mass is 32.2. The van der Waals surface area contributed by atoms with Gasteiger partial charge in [-0.05, 0) is 26.7 Å². The van der Waals surface area contributed by atoms with Crippen LogP contribution in [-0.4, -0.2) is 53.3 Å². The molecular formula is C11H22N2O4S. The number of carbonyl (C=O) groups is 1. The van der Waals surface area contributed by atoms with Crippen LogP contribution in [0, 0.1) is 0 Å². The molecule has 1 heterocycles. The summed E-state index contributed by atoms with van der Waals surface area (Å²) >= 11 is 0. The molecule has 0 aromatic rings. The third kappa shape index (κ3) is 3.21. The van der Waals surface area contributed by atoms with Crippen molar-refractivity contribution in [3.05, 3.63) is 0 Å². The predicted octanol–water partition coefficient (Wildman–Crippen LogP) is 0.902. The molecule has 0 saturated carbocycles. The van der Waals surface area contributed by atoms with Crippen LogP contribution in [-0.2, 0) is 15.0 Å². The van der Waals surface area contributed by atoms with Crippen molar-refractivity contribution in [2.24, 2.45) is 0 Å². The molecule has 1 saturated heterocycles. The van der Waals surface area contributed by atoms with Crippen LogP contribution in [0.3, 0.4) is 0 Å². The average molecular weight is 278 g/mol.